The van der Waals surface area contributed by atoms with Crippen LogP contribution in [0.15, 0.2) is 12.1 Å². The first-order chi connectivity index (χ1) is 10.2. The quantitative estimate of drug-likeness (QED) is 0.795. The zero-order valence-corrected chi connectivity index (χ0v) is 11.6. The van der Waals surface area contributed by atoms with Crippen molar-refractivity contribution in [3.63, 3.8) is 0 Å². The predicted octanol–water partition coefficient (Wildman–Crippen LogP) is 1.34. The van der Waals surface area contributed by atoms with Crippen LogP contribution in [0.4, 0.5) is 4.39 Å². The molecule has 0 spiro atoms. The molecule has 112 valence electrons. The first-order valence-corrected chi connectivity index (χ1v) is 7.18. The molecule has 0 radical (unpaired) electrons. The van der Waals surface area contributed by atoms with Gasteiger partial charge in [-0.05, 0) is 37.8 Å². The molecular weight excluding hydrogens is 273 g/mol. The van der Waals surface area contributed by atoms with Gasteiger partial charge in [0.15, 0.2) is 0 Å². The highest BCUT2D eigenvalue weighted by atomic mass is 19.1. The maximum atomic E-state index is 13.6. The number of nitrogens with one attached hydrogen (secondary N) is 2. The molecular formula is C14H18FN5O. The molecule has 1 aromatic heterocycles. The minimum absolute atomic E-state index is 0.0880. The number of rotatable bonds is 3. The Labute approximate surface area is 121 Å². The summed E-state index contributed by atoms with van der Waals surface area (Å²) in [5.41, 5.74) is 6.66. The molecule has 1 aliphatic rings. The summed E-state index contributed by atoms with van der Waals surface area (Å²) in [6.45, 7) is 0.639. The second-order valence-electron chi connectivity index (χ2n) is 5.58. The topological polar surface area (TPSA) is 96.7 Å². The van der Waals surface area contributed by atoms with Gasteiger partial charge < -0.3 is 11.1 Å². The van der Waals surface area contributed by atoms with Gasteiger partial charge in [-0.1, -0.05) is 6.42 Å². The van der Waals surface area contributed by atoms with Crippen molar-refractivity contribution in [2.24, 2.45) is 11.7 Å². The zero-order valence-electron chi connectivity index (χ0n) is 11.6. The molecule has 2 unspecified atom stereocenters. The number of halogens is 1. The predicted molar refractivity (Wildman–Crippen MR) is 76.1 cm³/mol. The third-order valence-electron chi connectivity index (χ3n) is 4.08. The van der Waals surface area contributed by atoms with Crippen LogP contribution >= 0.6 is 0 Å². The maximum Gasteiger partial charge on any atom is 0.253 e. The van der Waals surface area contributed by atoms with E-state index in [-0.39, 0.29) is 17.5 Å². The summed E-state index contributed by atoms with van der Waals surface area (Å²) >= 11 is 0. The van der Waals surface area contributed by atoms with Gasteiger partial charge in [0.1, 0.15) is 16.9 Å². The van der Waals surface area contributed by atoms with Crippen LogP contribution in [-0.2, 0) is 0 Å². The summed E-state index contributed by atoms with van der Waals surface area (Å²) in [6.07, 6.45) is 3.96. The lowest BCUT2D eigenvalue weighted by Crippen LogP contribution is -2.39. The number of aromatic amines is 1. The lowest BCUT2D eigenvalue weighted by molar-refractivity contribution is 0.0921. The molecule has 1 saturated carbocycles. The van der Waals surface area contributed by atoms with Gasteiger partial charge in [-0.25, -0.2) is 4.39 Å². The van der Waals surface area contributed by atoms with Crippen LogP contribution in [0.5, 0.6) is 0 Å². The van der Waals surface area contributed by atoms with Gasteiger partial charge in [-0.2, -0.15) is 15.4 Å². The third-order valence-corrected chi connectivity index (χ3v) is 4.08. The van der Waals surface area contributed by atoms with E-state index in [1.807, 2.05) is 0 Å². The van der Waals surface area contributed by atoms with Crippen molar-refractivity contribution in [1.82, 2.24) is 20.7 Å². The highest BCUT2D eigenvalue weighted by Gasteiger charge is 2.24. The smallest absolute Gasteiger partial charge is 0.253 e. The first-order valence-electron chi connectivity index (χ1n) is 7.18. The molecule has 2 aromatic rings. The highest BCUT2D eigenvalue weighted by molar-refractivity contribution is 6.04. The Morgan fingerprint density at radius 1 is 1.43 bits per heavy atom. The Kier molecular flexibility index (Phi) is 3.83. The Morgan fingerprint density at radius 3 is 3.10 bits per heavy atom. The van der Waals surface area contributed by atoms with E-state index < -0.39 is 5.82 Å². The number of nitrogens with zero attached hydrogens (tertiary/aromatic N) is 2. The molecule has 2 atom stereocenters. The Balaban J connectivity index is 1.79. The summed E-state index contributed by atoms with van der Waals surface area (Å²) in [5, 5.41) is 13.1. The number of H-pyrrole nitrogens is 1. The van der Waals surface area contributed by atoms with Crippen molar-refractivity contribution in [2.45, 2.75) is 31.7 Å². The number of aromatic nitrogens is 3. The Morgan fingerprint density at radius 2 is 2.29 bits per heavy atom. The highest BCUT2D eigenvalue weighted by Crippen LogP contribution is 2.24. The number of hydrogen-bond donors (Lipinski definition) is 3. The van der Waals surface area contributed by atoms with Crippen molar-refractivity contribution in [1.29, 1.82) is 0 Å². The Bertz CT molecular complexity index is 656. The van der Waals surface area contributed by atoms with Crippen LogP contribution in [-0.4, -0.2) is 33.9 Å². The summed E-state index contributed by atoms with van der Waals surface area (Å²) in [5.74, 6) is -0.357. The van der Waals surface area contributed by atoms with Gasteiger partial charge in [0.2, 0.25) is 0 Å². The van der Waals surface area contributed by atoms with Crippen LogP contribution in [0.3, 0.4) is 0 Å². The van der Waals surface area contributed by atoms with Crippen LogP contribution in [0.2, 0.25) is 0 Å². The third kappa shape index (κ3) is 2.87. The van der Waals surface area contributed by atoms with E-state index >= 15 is 0 Å². The molecule has 3 rings (SSSR count). The van der Waals surface area contributed by atoms with E-state index in [4.69, 9.17) is 5.73 Å². The molecule has 1 aliphatic carbocycles. The summed E-state index contributed by atoms with van der Waals surface area (Å²) in [6, 6.07) is 2.54. The monoisotopic (exact) mass is 291 g/mol. The Hall–Kier alpha value is -2.02. The lowest BCUT2D eigenvalue weighted by Gasteiger charge is -2.28. The van der Waals surface area contributed by atoms with E-state index in [1.165, 1.54) is 12.1 Å². The molecule has 1 amide bonds. The SMILES string of the molecule is NCC1CCCC(NC(=O)c2cc(F)cc3n[nH]nc23)C1. The second kappa shape index (κ2) is 5.77. The van der Waals surface area contributed by atoms with Crippen molar-refractivity contribution in [2.75, 3.05) is 6.54 Å². The fraction of sp³-hybridized carbons (Fsp3) is 0.500. The largest absolute Gasteiger partial charge is 0.349 e. The normalized spacial score (nSPS) is 22.4. The number of fused-ring (bicyclic) bond motifs is 1. The van der Waals surface area contributed by atoms with E-state index in [0.717, 1.165) is 25.7 Å². The van der Waals surface area contributed by atoms with Gasteiger partial charge in [-0.15, -0.1) is 0 Å². The molecule has 1 aromatic carbocycles. The van der Waals surface area contributed by atoms with Crippen molar-refractivity contribution in [3.8, 4) is 0 Å². The fourth-order valence-electron chi connectivity index (χ4n) is 2.99. The average molecular weight is 291 g/mol. The van der Waals surface area contributed by atoms with E-state index in [1.54, 1.807) is 0 Å². The molecule has 6 nitrogen and oxygen atoms in total. The average Bonchev–Trinajstić information content (AvgIpc) is 2.94. The van der Waals surface area contributed by atoms with Crippen LogP contribution in [0, 0.1) is 11.7 Å². The lowest BCUT2D eigenvalue weighted by atomic mass is 9.85. The summed E-state index contributed by atoms with van der Waals surface area (Å²) < 4.78 is 13.6. The van der Waals surface area contributed by atoms with Crippen molar-refractivity contribution < 1.29 is 9.18 Å². The van der Waals surface area contributed by atoms with Crippen LogP contribution < -0.4 is 11.1 Å². The minimum atomic E-state index is -0.495. The molecule has 4 N–H and O–H groups in total. The van der Waals surface area contributed by atoms with Crippen LogP contribution in [0.1, 0.15) is 36.0 Å². The molecule has 7 heteroatoms. The van der Waals surface area contributed by atoms with Gasteiger partial charge >= 0.3 is 0 Å². The fourth-order valence-corrected chi connectivity index (χ4v) is 2.99. The molecule has 21 heavy (non-hydrogen) atoms. The molecule has 1 heterocycles. The first kappa shape index (κ1) is 13.9. The van der Waals surface area contributed by atoms with E-state index in [9.17, 15) is 9.18 Å². The molecule has 0 saturated heterocycles. The molecule has 0 bridgehead atoms. The number of hydrogen-bond acceptors (Lipinski definition) is 4. The van der Waals surface area contributed by atoms with E-state index in [2.05, 4.69) is 20.7 Å². The van der Waals surface area contributed by atoms with Crippen molar-refractivity contribution in [3.05, 3.63) is 23.5 Å². The van der Waals surface area contributed by atoms with Gasteiger partial charge in [0.25, 0.3) is 5.91 Å². The van der Waals surface area contributed by atoms with Gasteiger partial charge in [0, 0.05) is 12.1 Å². The number of carbonyl (C=O) groups excluding carboxylic acids is 1. The number of carbonyl (C=O) groups is 1. The van der Waals surface area contributed by atoms with Gasteiger partial charge in [-0.3, -0.25) is 4.79 Å². The summed E-state index contributed by atoms with van der Waals surface area (Å²) in [7, 11) is 0. The second-order valence-corrected chi connectivity index (χ2v) is 5.58. The minimum Gasteiger partial charge on any atom is -0.349 e. The number of benzene rings is 1. The van der Waals surface area contributed by atoms with Crippen molar-refractivity contribution >= 4 is 16.9 Å². The maximum absolute atomic E-state index is 13.6. The van der Waals surface area contributed by atoms with Crippen LogP contribution in [0.25, 0.3) is 11.0 Å². The molecule has 0 aliphatic heterocycles. The molecule has 1 fully saturated rings. The summed E-state index contributed by atoms with van der Waals surface area (Å²) in [4.78, 5) is 12.4. The van der Waals surface area contributed by atoms with E-state index in [0.29, 0.717) is 23.5 Å². The number of nitrogens with two attached hydrogens (primary N) is 1. The standard InChI is InChI=1S/C14H18FN5O/c15-9-5-11(13-12(6-9)18-20-19-13)14(21)17-10-3-1-2-8(4-10)7-16/h5-6,8,10H,1-4,7,16H2,(H,17,21)(H,18,19,20). The van der Waals surface area contributed by atoms with Gasteiger partial charge in [0.05, 0.1) is 5.56 Å². The zero-order chi connectivity index (χ0) is 14.8. The number of amides is 1.